The molecule has 4 aromatic rings. The first-order chi connectivity index (χ1) is 15.9. The number of amides is 2. The minimum absolute atomic E-state index is 0.165. The SMILES string of the molecule is Cc1nc(NC(=O)c2cc(C3CC3)nc3c2c(C)nn3-c2ccccn2)sc1SCC(N)=O. The highest BCUT2D eigenvalue weighted by atomic mass is 32.2. The maximum atomic E-state index is 13.4. The Morgan fingerprint density at radius 1 is 1.24 bits per heavy atom. The molecular formula is C22H21N7O2S2. The zero-order valence-corrected chi connectivity index (χ0v) is 19.7. The number of nitrogens with one attached hydrogen (secondary N) is 1. The van der Waals surface area contributed by atoms with Gasteiger partial charge in [-0.25, -0.2) is 15.0 Å². The molecule has 4 aromatic heterocycles. The molecule has 0 atom stereocenters. The Bertz CT molecular complexity index is 1380. The van der Waals surface area contributed by atoms with Gasteiger partial charge in [-0.3, -0.25) is 14.9 Å². The molecule has 0 radical (unpaired) electrons. The van der Waals surface area contributed by atoms with Crippen LogP contribution in [0.5, 0.6) is 0 Å². The summed E-state index contributed by atoms with van der Waals surface area (Å²) in [5.41, 5.74) is 8.71. The van der Waals surface area contributed by atoms with Crippen LogP contribution in [0.25, 0.3) is 16.9 Å². The quantitative estimate of drug-likeness (QED) is 0.388. The summed E-state index contributed by atoms with van der Waals surface area (Å²) < 4.78 is 2.54. The number of aromatic nitrogens is 5. The van der Waals surface area contributed by atoms with Crippen LogP contribution in [0.4, 0.5) is 5.13 Å². The van der Waals surface area contributed by atoms with E-state index in [-0.39, 0.29) is 11.7 Å². The molecule has 1 aliphatic carbocycles. The molecule has 11 heteroatoms. The van der Waals surface area contributed by atoms with Crippen molar-refractivity contribution in [3.8, 4) is 5.82 Å². The highest BCUT2D eigenvalue weighted by molar-refractivity contribution is 8.01. The van der Waals surface area contributed by atoms with Crippen molar-refractivity contribution in [2.75, 3.05) is 11.1 Å². The second-order valence-electron chi connectivity index (χ2n) is 7.85. The van der Waals surface area contributed by atoms with Crippen LogP contribution in [0.3, 0.4) is 0 Å². The summed E-state index contributed by atoms with van der Waals surface area (Å²) in [6, 6.07) is 7.47. The van der Waals surface area contributed by atoms with E-state index in [1.165, 1.54) is 23.1 Å². The Balaban J connectivity index is 1.54. The monoisotopic (exact) mass is 479 g/mol. The van der Waals surface area contributed by atoms with Gasteiger partial charge in [0.25, 0.3) is 5.91 Å². The third kappa shape index (κ3) is 4.33. The second kappa shape index (κ2) is 8.56. The third-order valence-electron chi connectivity index (χ3n) is 5.26. The fourth-order valence-corrected chi connectivity index (χ4v) is 5.46. The zero-order chi connectivity index (χ0) is 23.1. The molecule has 0 aromatic carbocycles. The molecule has 0 unspecified atom stereocenters. The molecule has 5 rings (SSSR count). The van der Waals surface area contributed by atoms with Gasteiger partial charge in [-0.2, -0.15) is 9.78 Å². The molecule has 4 heterocycles. The summed E-state index contributed by atoms with van der Waals surface area (Å²) in [4.78, 5) is 38.2. The zero-order valence-electron chi connectivity index (χ0n) is 18.0. The van der Waals surface area contributed by atoms with Crippen LogP contribution >= 0.6 is 23.1 Å². The molecule has 33 heavy (non-hydrogen) atoms. The van der Waals surface area contributed by atoms with Gasteiger partial charge in [-0.1, -0.05) is 17.4 Å². The Morgan fingerprint density at radius 2 is 2.06 bits per heavy atom. The summed E-state index contributed by atoms with van der Waals surface area (Å²) in [6.07, 6.45) is 3.82. The summed E-state index contributed by atoms with van der Waals surface area (Å²) >= 11 is 2.64. The number of carbonyl (C=O) groups is 2. The number of hydrogen-bond acceptors (Lipinski definition) is 8. The van der Waals surface area contributed by atoms with Crippen LogP contribution in [0.15, 0.2) is 34.7 Å². The van der Waals surface area contributed by atoms with E-state index in [4.69, 9.17) is 10.7 Å². The van der Waals surface area contributed by atoms with Gasteiger partial charge in [0, 0.05) is 17.8 Å². The van der Waals surface area contributed by atoms with Gasteiger partial charge >= 0.3 is 0 Å². The topological polar surface area (TPSA) is 129 Å². The summed E-state index contributed by atoms with van der Waals surface area (Å²) in [5.74, 6) is 0.498. The summed E-state index contributed by atoms with van der Waals surface area (Å²) in [7, 11) is 0. The number of thioether (sulfide) groups is 1. The molecule has 0 bridgehead atoms. The van der Waals surface area contributed by atoms with Crippen molar-refractivity contribution in [1.29, 1.82) is 0 Å². The fraction of sp³-hybridized carbons (Fsp3) is 0.273. The predicted octanol–water partition coefficient (Wildman–Crippen LogP) is 3.60. The van der Waals surface area contributed by atoms with Crippen molar-refractivity contribution >= 4 is 51.1 Å². The minimum Gasteiger partial charge on any atom is -0.369 e. The van der Waals surface area contributed by atoms with Crippen molar-refractivity contribution in [2.24, 2.45) is 5.73 Å². The Labute approximate surface area is 197 Å². The van der Waals surface area contributed by atoms with E-state index in [0.717, 1.165) is 28.4 Å². The third-order valence-corrected chi connectivity index (χ3v) is 7.72. The predicted molar refractivity (Wildman–Crippen MR) is 128 cm³/mol. The van der Waals surface area contributed by atoms with Crippen molar-refractivity contribution in [3.63, 3.8) is 0 Å². The molecule has 168 valence electrons. The first-order valence-corrected chi connectivity index (χ1v) is 12.2. The first-order valence-electron chi connectivity index (χ1n) is 10.4. The van der Waals surface area contributed by atoms with E-state index in [9.17, 15) is 9.59 Å². The molecule has 1 fully saturated rings. The number of anilines is 1. The molecule has 0 saturated heterocycles. The molecule has 3 N–H and O–H groups in total. The van der Waals surface area contributed by atoms with Gasteiger partial charge < -0.3 is 5.73 Å². The van der Waals surface area contributed by atoms with Crippen LogP contribution in [0.1, 0.15) is 46.2 Å². The van der Waals surface area contributed by atoms with Gasteiger partial charge in [0.2, 0.25) is 5.91 Å². The van der Waals surface area contributed by atoms with Crippen LogP contribution in [0, 0.1) is 13.8 Å². The maximum absolute atomic E-state index is 13.4. The van der Waals surface area contributed by atoms with Crippen molar-refractivity contribution in [2.45, 2.75) is 36.8 Å². The number of thiazole rings is 1. The number of aryl methyl sites for hydroxylation is 2. The van der Waals surface area contributed by atoms with Gasteiger partial charge in [0.15, 0.2) is 16.6 Å². The van der Waals surface area contributed by atoms with Crippen molar-refractivity contribution < 1.29 is 9.59 Å². The Morgan fingerprint density at radius 3 is 2.76 bits per heavy atom. The van der Waals surface area contributed by atoms with Gasteiger partial charge in [0.1, 0.15) is 0 Å². The summed E-state index contributed by atoms with van der Waals surface area (Å²) in [5, 5.41) is 8.73. The number of primary amides is 1. The van der Waals surface area contributed by atoms with Crippen LogP contribution < -0.4 is 11.1 Å². The number of carbonyl (C=O) groups excluding carboxylic acids is 2. The van der Waals surface area contributed by atoms with Gasteiger partial charge in [0.05, 0.1) is 32.3 Å². The summed E-state index contributed by atoms with van der Waals surface area (Å²) in [6.45, 7) is 3.70. The number of rotatable bonds is 7. The van der Waals surface area contributed by atoms with E-state index >= 15 is 0 Å². The smallest absolute Gasteiger partial charge is 0.258 e. The lowest BCUT2D eigenvalue weighted by Gasteiger charge is -2.08. The number of nitrogens with zero attached hydrogens (tertiary/aromatic N) is 5. The molecule has 9 nitrogen and oxygen atoms in total. The van der Waals surface area contributed by atoms with Crippen LogP contribution in [-0.4, -0.2) is 42.3 Å². The molecule has 2 amide bonds. The fourth-order valence-electron chi connectivity index (χ4n) is 3.59. The maximum Gasteiger partial charge on any atom is 0.258 e. The van der Waals surface area contributed by atoms with Crippen LogP contribution in [0.2, 0.25) is 0 Å². The average Bonchev–Trinajstić information content (AvgIpc) is 3.52. The first kappa shape index (κ1) is 21.5. The molecule has 1 aliphatic rings. The number of fused-ring (bicyclic) bond motifs is 1. The lowest BCUT2D eigenvalue weighted by atomic mass is 10.1. The second-order valence-corrected chi connectivity index (χ2v) is 10.1. The standard InChI is InChI=1S/C22H21N7O2S2/c1-11-18-14(20(31)27-22-25-12(2)21(33-22)32-10-16(23)30)9-15(13-6-7-13)26-19(18)29(28-11)17-5-3-4-8-24-17/h3-5,8-9,13H,6-7,10H2,1-2H3,(H2,23,30)(H,25,27,31). The lowest BCUT2D eigenvalue weighted by Crippen LogP contribution is -2.13. The van der Waals surface area contributed by atoms with Crippen molar-refractivity contribution in [3.05, 3.63) is 53.1 Å². The lowest BCUT2D eigenvalue weighted by molar-refractivity contribution is -0.115. The van der Waals surface area contributed by atoms with E-state index in [0.29, 0.717) is 39.2 Å². The average molecular weight is 480 g/mol. The Hall–Kier alpha value is -3.31. The van der Waals surface area contributed by atoms with Gasteiger partial charge in [-0.15, -0.1) is 11.8 Å². The highest BCUT2D eigenvalue weighted by Gasteiger charge is 2.29. The number of pyridine rings is 2. The molecule has 0 aliphatic heterocycles. The van der Waals surface area contributed by atoms with E-state index < -0.39 is 5.91 Å². The number of hydrogen-bond donors (Lipinski definition) is 2. The van der Waals surface area contributed by atoms with E-state index in [1.807, 2.05) is 38.1 Å². The highest BCUT2D eigenvalue weighted by Crippen LogP contribution is 2.41. The molecular weight excluding hydrogens is 458 g/mol. The Kier molecular flexibility index (Phi) is 5.59. The van der Waals surface area contributed by atoms with E-state index in [1.54, 1.807) is 10.9 Å². The van der Waals surface area contributed by atoms with Crippen LogP contribution in [-0.2, 0) is 4.79 Å². The molecule has 1 saturated carbocycles. The minimum atomic E-state index is -0.398. The normalized spacial score (nSPS) is 13.4. The molecule has 0 spiro atoms. The van der Waals surface area contributed by atoms with E-state index in [2.05, 4.69) is 20.4 Å². The number of nitrogens with two attached hydrogens (primary N) is 1. The van der Waals surface area contributed by atoms with Crippen molar-refractivity contribution in [1.82, 2.24) is 24.7 Å². The van der Waals surface area contributed by atoms with Gasteiger partial charge in [-0.05, 0) is 44.9 Å². The largest absolute Gasteiger partial charge is 0.369 e.